The van der Waals surface area contributed by atoms with E-state index in [1.807, 2.05) is 19.9 Å². The highest BCUT2D eigenvalue weighted by Gasteiger charge is 2.38. The number of carbonyl (C=O) groups is 1. The molecule has 0 spiro atoms. The van der Waals surface area contributed by atoms with Gasteiger partial charge < -0.3 is 10.0 Å². The highest BCUT2D eigenvalue weighted by atomic mass is 16.3. The number of hydrogen-bond acceptors (Lipinski definition) is 5. The van der Waals surface area contributed by atoms with E-state index < -0.39 is 5.60 Å². The molecular formula is C14H20N6O2. The minimum absolute atomic E-state index is 0.0483. The Morgan fingerprint density at radius 2 is 2.32 bits per heavy atom. The Morgan fingerprint density at radius 3 is 2.95 bits per heavy atom. The maximum absolute atomic E-state index is 12.5. The van der Waals surface area contributed by atoms with Crippen LogP contribution >= 0.6 is 0 Å². The molecule has 1 amide bonds. The average Bonchev–Trinajstić information content (AvgIpc) is 3.10. The minimum Gasteiger partial charge on any atom is -0.382 e. The number of aromatic amines is 1. The van der Waals surface area contributed by atoms with E-state index in [1.165, 1.54) is 6.20 Å². The highest BCUT2D eigenvalue weighted by molar-refractivity contribution is 5.76. The molecule has 118 valence electrons. The van der Waals surface area contributed by atoms with Crippen molar-refractivity contribution in [3.8, 4) is 0 Å². The Balaban J connectivity index is 1.72. The second-order valence-electron chi connectivity index (χ2n) is 5.89. The third kappa shape index (κ3) is 2.74. The van der Waals surface area contributed by atoms with E-state index in [0.29, 0.717) is 18.7 Å². The van der Waals surface area contributed by atoms with Crippen molar-refractivity contribution >= 4 is 5.91 Å². The highest BCUT2D eigenvalue weighted by Crippen LogP contribution is 2.29. The number of piperidine rings is 1. The molecule has 0 saturated carbocycles. The number of aliphatic hydroxyl groups is 1. The first-order valence-corrected chi connectivity index (χ1v) is 7.35. The second-order valence-corrected chi connectivity index (χ2v) is 5.89. The Hall–Kier alpha value is -2.22. The van der Waals surface area contributed by atoms with E-state index in [-0.39, 0.29) is 19.0 Å². The Bertz CT molecular complexity index is 665. The van der Waals surface area contributed by atoms with E-state index in [4.69, 9.17) is 0 Å². The lowest BCUT2D eigenvalue weighted by atomic mass is 9.90. The van der Waals surface area contributed by atoms with Crippen LogP contribution in [-0.4, -0.2) is 54.2 Å². The summed E-state index contributed by atoms with van der Waals surface area (Å²) in [6.07, 6.45) is 2.81. The van der Waals surface area contributed by atoms with E-state index in [9.17, 15) is 9.90 Å². The number of rotatable bonds is 3. The van der Waals surface area contributed by atoms with E-state index >= 15 is 0 Å². The second kappa shape index (κ2) is 5.53. The van der Waals surface area contributed by atoms with Gasteiger partial charge in [-0.25, -0.2) is 0 Å². The number of aryl methyl sites for hydroxylation is 2. The molecule has 1 saturated heterocycles. The predicted octanol–water partition coefficient (Wildman–Crippen LogP) is 0.128. The first-order valence-electron chi connectivity index (χ1n) is 7.35. The van der Waals surface area contributed by atoms with Gasteiger partial charge in [0.1, 0.15) is 17.8 Å². The van der Waals surface area contributed by atoms with Crippen LogP contribution in [0, 0.1) is 13.8 Å². The third-order valence-electron chi connectivity index (χ3n) is 4.10. The summed E-state index contributed by atoms with van der Waals surface area (Å²) < 4.78 is 1.70. The number of likely N-dealkylation sites (tertiary alicyclic amines) is 1. The Kier molecular flexibility index (Phi) is 3.69. The maximum Gasteiger partial charge on any atom is 0.244 e. The van der Waals surface area contributed by atoms with Crippen molar-refractivity contribution in [2.45, 2.75) is 38.8 Å². The number of β-amino-alcohol motifs (C(OH)–C–C–N with tert-alkyl or cyclic N) is 1. The first-order chi connectivity index (χ1) is 10.5. The van der Waals surface area contributed by atoms with Crippen LogP contribution < -0.4 is 0 Å². The number of H-pyrrole nitrogens is 1. The molecular weight excluding hydrogens is 284 g/mol. The molecule has 1 aliphatic heterocycles. The number of amides is 1. The summed E-state index contributed by atoms with van der Waals surface area (Å²) in [5, 5.41) is 25.3. The van der Waals surface area contributed by atoms with Crippen LogP contribution in [0.15, 0.2) is 12.3 Å². The van der Waals surface area contributed by atoms with Crippen LogP contribution in [0.3, 0.4) is 0 Å². The van der Waals surface area contributed by atoms with Gasteiger partial charge in [-0.15, -0.1) is 0 Å². The summed E-state index contributed by atoms with van der Waals surface area (Å²) in [6.45, 7) is 4.89. The lowest BCUT2D eigenvalue weighted by molar-refractivity contribution is -0.140. The number of hydrogen-bond donors (Lipinski definition) is 2. The molecule has 22 heavy (non-hydrogen) atoms. The fourth-order valence-corrected chi connectivity index (χ4v) is 2.95. The molecule has 1 fully saturated rings. The molecule has 0 aromatic carbocycles. The molecule has 0 aliphatic carbocycles. The number of nitrogens with one attached hydrogen (secondary N) is 1. The zero-order chi connectivity index (χ0) is 15.7. The Labute approximate surface area is 128 Å². The summed E-state index contributed by atoms with van der Waals surface area (Å²) >= 11 is 0. The normalized spacial score (nSPS) is 22.0. The maximum atomic E-state index is 12.5. The molecule has 1 unspecified atom stereocenters. The van der Waals surface area contributed by atoms with E-state index in [2.05, 4.69) is 20.5 Å². The molecule has 8 nitrogen and oxygen atoms in total. The monoisotopic (exact) mass is 304 g/mol. The van der Waals surface area contributed by atoms with Crippen LogP contribution in [0.5, 0.6) is 0 Å². The van der Waals surface area contributed by atoms with E-state index in [0.717, 1.165) is 17.8 Å². The van der Waals surface area contributed by atoms with Gasteiger partial charge in [0.05, 0.1) is 18.4 Å². The molecule has 1 atom stereocenters. The van der Waals surface area contributed by atoms with Gasteiger partial charge in [0.15, 0.2) is 0 Å². The fourth-order valence-electron chi connectivity index (χ4n) is 2.95. The van der Waals surface area contributed by atoms with Gasteiger partial charge in [0.2, 0.25) is 5.91 Å². The van der Waals surface area contributed by atoms with Gasteiger partial charge in [-0.1, -0.05) is 0 Å². The van der Waals surface area contributed by atoms with Gasteiger partial charge in [-0.05, 0) is 32.8 Å². The predicted molar refractivity (Wildman–Crippen MR) is 77.8 cm³/mol. The lowest BCUT2D eigenvalue weighted by Gasteiger charge is -2.38. The Morgan fingerprint density at radius 1 is 1.50 bits per heavy atom. The van der Waals surface area contributed by atoms with Gasteiger partial charge in [-0.3, -0.25) is 9.48 Å². The quantitative estimate of drug-likeness (QED) is 0.839. The van der Waals surface area contributed by atoms with Gasteiger partial charge in [-0.2, -0.15) is 20.5 Å². The third-order valence-corrected chi connectivity index (χ3v) is 4.10. The number of carbonyl (C=O) groups excluding carboxylic acids is 1. The topological polar surface area (TPSA) is 99.9 Å². The SMILES string of the molecule is Cc1cc(C)n(CC(=O)N2CCCC(O)(c3cn[nH]n3)C2)n1. The van der Waals surface area contributed by atoms with Gasteiger partial charge >= 0.3 is 0 Å². The minimum atomic E-state index is -1.13. The summed E-state index contributed by atoms with van der Waals surface area (Å²) in [5.74, 6) is -0.0483. The van der Waals surface area contributed by atoms with Crippen molar-refractivity contribution in [2.75, 3.05) is 13.1 Å². The summed E-state index contributed by atoms with van der Waals surface area (Å²) in [4.78, 5) is 14.2. The molecule has 2 N–H and O–H groups in total. The molecule has 1 aliphatic rings. The smallest absolute Gasteiger partial charge is 0.244 e. The summed E-state index contributed by atoms with van der Waals surface area (Å²) in [6, 6.07) is 1.94. The van der Waals surface area contributed by atoms with Crippen LogP contribution in [0.1, 0.15) is 29.9 Å². The molecule has 3 rings (SSSR count). The van der Waals surface area contributed by atoms with Crippen LogP contribution in [-0.2, 0) is 16.9 Å². The van der Waals surface area contributed by atoms with Crippen LogP contribution in [0.25, 0.3) is 0 Å². The zero-order valence-corrected chi connectivity index (χ0v) is 12.8. The summed E-state index contributed by atoms with van der Waals surface area (Å²) in [5.41, 5.74) is 1.20. The molecule has 3 heterocycles. The van der Waals surface area contributed by atoms with Crippen molar-refractivity contribution in [1.29, 1.82) is 0 Å². The van der Waals surface area contributed by atoms with Gasteiger partial charge in [0.25, 0.3) is 0 Å². The van der Waals surface area contributed by atoms with Crippen LogP contribution in [0.4, 0.5) is 0 Å². The lowest BCUT2D eigenvalue weighted by Crippen LogP contribution is -2.49. The zero-order valence-electron chi connectivity index (χ0n) is 12.8. The van der Waals surface area contributed by atoms with Crippen molar-refractivity contribution in [2.24, 2.45) is 0 Å². The van der Waals surface area contributed by atoms with Crippen molar-refractivity contribution in [3.63, 3.8) is 0 Å². The molecule has 8 heteroatoms. The summed E-state index contributed by atoms with van der Waals surface area (Å²) in [7, 11) is 0. The number of nitrogens with zero attached hydrogens (tertiary/aromatic N) is 5. The molecule has 2 aromatic rings. The van der Waals surface area contributed by atoms with Crippen molar-refractivity contribution < 1.29 is 9.90 Å². The largest absolute Gasteiger partial charge is 0.382 e. The average molecular weight is 304 g/mol. The van der Waals surface area contributed by atoms with Crippen molar-refractivity contribution in [1.82, 2.24) is 30.1 Å². The first kappa shape index (κ1) is 14.7. The fraction of sp³-hybridized carbons (Fsp3) is 0.571. The number of aromatic nitrogens is 5. The van der Waals surface area contributed by atoms with Crippen LogP contribution in [0.2, 0.25) is 0 Å². The molecule has 2 aromatic heterocycles. The molecule has 0 radical (unpaired) electrons. The molecule has 0 bridgehead atoms. The van der Waals surface area contributed by atoms with Crippen molar-refractivity contribution in [3.05, 3.63) is 29.3 Å². The standard InChI is InChI=1S/C14H20N6O2/c1-10-6-11(2)20(17-10)8-13(21)19-5-3-4-14(22,9-19)12-7-15-18-16-12/h6-7,22H,3-5,8-9H2,1-2H3,(H,15,16,18). The van der Waals surface area contributed by atoms with Gasteiger partial charge in [0, 0.05) is 12.2 Å². The van der Waals surface area contributed by atoms with E-state index in [1.54, 1.807) is 9.58 Å².